The molecule has 0 fully saturated rings. The zero-order valence-electron chi connectivity index (χ0n) is 15.6. The summed E-state index contributed by atoms with van der Waals surface area (Å²) >= 11 is 19.0. The van der Waals surface area contributed by atoms with Crippen LogP contribution in [-0.4, -0.2) is 11.3 Å². The van der Waals surface area contributed by atoms with Gasteiger partial charge in [-0.3, -0.25) is 9.59 Å². The van der Waals surface area contributed by atoms with E-state index in [0.717, 1.165) is 0 Å². The van der Waals surface area contributed by atoms with Crippen molar-refractivity contribution < 1.29 is 14.2 Å². The molecule has 148 valence electrons. The highest BCUT2D eigenvalue weighted by Gasteiger charge is 2.28. The lowest BCUT2D eigenvalue weighted by molar-refractivity contribution is 0.103. The zero-order valence-corrected chi connectivity index (χ0v) is 18.8. The molecule has 3 aromatic rings. The number of hydrogen-bond acceptors (Lipinski definition) is 3. The summed E-state index contributed by atoms with van der Waals surface area (Å²) < 4.78 is 13.1. The van der Waals surface area contributed by atoms with Crippen LogP contribution in [0.5, 0.6) is 0 Å². The van der Waals surface area contributed by atoms with Crippen LogP contribution in [0.4, 0.5) is 0 Å². The fourth-order valence-electron chi connectivity index (χ4n) is 3.11. The number of rotatable bonds is 5. The van der Waals surface area contributed by atoms with E-state index in [9.17, 15) is 14.2 Å². The largest absolute Gasteiger partial charge is 0.313 e. The minimum absolute atomic E-state index is 0.0258. The number of ketones is 1. The summed E-state index contributed by atoms with van der Waals surface area (Å²) in [5, 5.41) is -0.266. The maximum atomic E-state index is 13.1. The van der Waals surface area contributed by atoms with Crippen LogP contribution in [-0.2, 0) is 4.57 Å². The Morgan fingerprint density at radius 3 is 2.00 bits per heavy atom. The lowest BCUT2D eigenvalue weighted by Gasteiger charge is -2.14. The molecule has 3 aromatic carbocycles. The molecule has 3 nitrogen and oxygen atoms in total. The van der Waals surface area contributed by atoms with Gasteiger partial charge in [0.1, 0.15) is 0 Å². The molecule has 7 heteroatoms. The second-order valence-electron chi connectivity index (χ2n) is 6.53. The van der Waals surface area contributed by atoms with Gasteiger partial charge in [0.2, 0.25) is 5.52 Å². The summed E-state index contributed by atoms with van der Waals surface area (Å²) in [6.07, 6.45) is 0. The monoisotopic (exact) mass is 464 g/mol. The summed E-state index contributed by atoms with van der Waals surface area (Å²) in [6, 6.07) is 15.2. The zero-order chi connectivity index (χ0) is 21.3. The van der Waals surface area contributed by atoms with Gasteiger partial charge in [-0.1, -0.05) is 83.3 Å². The molecule has 0 heterocycles. The van der Waals surface area contributed by atoms with Crippen LogP contribution in [0.15, 0.2) is 54.6 Å². The van der Waals surface area contributed by atoms with E-state index in [0.29, 0.717) is 22.3 Å². The van der Waals surface area contributed by atoms with Gasteiger partial charge >= 0.3 is 0 Å². The van der Waals surface area contributed by atoms with Crippen molar-refractivity contribution in [2.45, 2.75) is 13.8 Å². The van der Waals surface area contributed by atoms with Gasteiger partial charge in [0, 0.05) is 16.7 Å². The fourth-order valence-corrected chi connectivity index (χ4v) is 5.86. The first-order valence-corrected chi connectivity index (χ1v) is 11.2. The molecular formula is C22H16Cl3O3P. The maximum Gasteiger partial charge on any atom is 0.223 e. The molecule has 0 N–H and O–H groups in total. The van der Waals surface area contributed by atoms with Crippen LogP contribution < -0.4 is 5.30 Å². The van der Waals surface area contributed by atoms with Crippen LogP contribution in [0.1, 0.15) is 37.4 Å². The van der Waals surface area contributed by atoms with E-state index >= 15 is 0 Å². The second-order valence-corrected chi connectivity index (χ2v) is 9.30. The Morgan fingerprint density at radius 2 is 1.41 bits per heavy atom. The van der Waals surface area contributed by atoms with Gasteiger partial charge < -0.3 is 4.57 Å². The van der Waals surface area contributed by atoms with Gasteiger partial charge in [-0.05, 0) is 31.0 Å². The fraction of sp³-hybridized carbons (Fsp3) is 0.0909. The van der Waals surface area contributed by atoms with Gasteiger partial charge in [0.15, 0.2) is 13.6 Å². The highest BCUT2D eigenvalue weighted by molar-refractivity contribution is 7.72. The van der Waals surface area contributed by atoms with Gasteiger partial charge in [-0.15, -0.1) is 0 Å². The van der Waals surface area contributed by atoms with E-state index in [4.69, 9.17) is 34.8 Å². The summed E-state index contributed by atoms with van der Waals surface area (Å²) in [7, 11) is -3.08. The Balaban J connectivity index is 2.08. The van der Waals surface area contributed by atoms with Gasteiger partial charge in [0.05, 0.1) is 20.4 Å². The van der Waals surface area contributed by atoms with Crippen molar-refractivity contribution in [1.29, 1.82) is 0 Å². The molecule has 0 aliphatic carbocycles. The molecule has 3 rings (SSSR count). The first-order valence-electron chi connectivity index (χ1n) is 8.66. The standard InChI is InChI=1S/C22H16Cl3O3P/c1-12-7-6-8-13(2)17(12)22(27)29(28)21-16(23)11-15(18(24)19(21)25)20(26)14-9-4-3-5-10-14/h3-11,29H,1-2H3. The predicted molar refractivity (Wildman–Crippen MR) is 120 cm³/mol. The van der Waals surface area contributed by atoms with Crippen molar-refractivity contribution in [3.8, 4) is 0 Å². The van der Waals surface area contributed by atoms with Crippen LogP contribution in [0, 0.1) is 13.8 Å². The van der Waals surface area contributed by atoms with Crippen molar-refractivity contribution in [3.05, 3.63) is 97.5 Å². The molecule has 0 saturated heterocycles. The third kappa shape index (κ3) is 4.20. The lowest BCUT2D eigenvalue weighted by atomic mass is 10.0. The van der Waals surface area contributed by atoms with Crippen LogP contribution in [0.25, 0.3) is 0 Å². The average molecular weight is 466 g/mol. The number of carbonyl (C=O) groups is 2. The van der Waals surface area contributed by atoms with E-state index in [1.54, 1.807) is 56.3 Å². The molecule has 29 heavy (non-hydrogen) atoms. The molecule has 0 aliphatic heterocycles. The number of hydrogen-bond donors (Lipinski definition) is 0. The molecule has 0 amide bonds. The molecular weight excluding hydrogens is 450 g/mol. The van der Waals surface area contributed by atoms with E-state index in [1.165, 1.54) is 6.07 Å². The number of halogens is 3. The Labute approximate surface area is 184 Å². The first-order chi connectivity index (χ1) is 13.7. The normalized spacial score (nSPS) is 11.9. The molecule has 0 aliphatic rings. The number of aryl methyl sites for hydroxylation is 2. The summed E-state index contributed by atoms with van der Waals surface area (Å²) in [5.41, 5.74) is 1.75. The predicted octanol–water partition coefficient (Wildman–Crippen LogP) is 6.52. The highest BCUT2D eigenvalue weighted by atomic mass is 35.5. The summed E-state index contributed by atoms with van der Waals surface area (Å²) in [4.78, 5) is 25.7. The Morgan fingerprint density at radius 1 is 0.828 bits per heavy atom. The van der Waals surface area contributed by atoms with Crippen molar-refractivity contribution in [2.75, 3.05) is 0 Å². The Bertz CT molecular complexity index is 1140. The summed E-state index contributed by atoms with van der Waals surface area (Å²) in [6.45, 7) is 3.54. The van der Waals surface area contributed by atoms with Gasteiger partial charge in [0.25, 0.3) is 0 Å². The van der Waals surface area contributed by atoms with E-state index in [-0.39, 0.29) is 31.7 Å². The lowest BCUT2D eigenvalue weighted by Crippen LogP contribution is -2.13. The Hall–Kier alpha value is -1.90. The third-order valence-corrected chi connectivity index (χ3v) is 7.70. The third-order valence-electron chi connectivity index (χ3n) is 4.58. The van der Waals surface area contributed by atoms with Crippen molar-refractivity contribution >= 4 is 59.2 Å². The van der Waals surface area contributed by atoms with Gasteiger partial charge in [-0.2, -0.15) is 0 Å². The average Bonchev–Trinajstić information content (AvgIpc) is 2.70. The quantitative estimate of drug-likeness (QED) is 0.245. The highest BCUT2D eigenvalue weighted by Crippen LogP contribution is 2.39. The SMILES string of the molecule is Cc1cccc(C)c1C(=O)[PH](=O)c1c(Cl)cc(C(=O)c2ccccc2)c(Cl)c1Cl. The van der Waals surface area contributed by atoms with Crippen LogP contribution >= 0.6 is 42.6 Å². The smallest absolute Gasteiger partial charge is 0.223 e. The Kier molecular flexibility index (Phi) is 6.65. The molecule has 0 bridgehead atoms. The second kappa shape index (κ2) is 8.85. The number of carbonyl (C=O) groups excluding carboxylic acids is 2. The van der Waals surface area contributed by atoms with E-state index in [1.807, 2.05) is 6.07 Å². The molecule has 1 unspecified atom stereocenters. The topological polar surface area (TPSA) is 51.2 Å². The summed E-state index contributed by atoms with van der Waals surface area (Å²) in [5.74, 6) is -0.369. The van der Waals surface area contributed by atoms with Crippen molar-refractivity contribution in [1.82, 2.24) is 0 Å². The maximum absolute atomic E-state index is 13.1. The van der Waals surface area contributed by atoms with Crippen LogP contribution in [0.2, 0.25) is 15.1 Å². The molecule has 1 atom stereocenters. The molecule has 0 saturated carbocycles. The molecule has 0 radical (unpaired) electrons. The molecule has 0 aromatic heterocycles. The van der Waals surface area contributed by atoms with Gasteiger partial charge in [-0.25, -0.2) is 0 Å². The minimum Gasteiger partial charge on any atom is -0.313 e. The van der Waals surface area contributed by atoms with E-state index in [2.05, 4.69) is 0 Å². The van der Waals surface area contributed by atoms with E-state index < -0.39 is 13.3 Å². The minimum atomic E-state index is -3.08. The van der Waals surface area contributed by atoms with Crippen molar-refractivity contribution in [2.24, 2.45) is 0 Å². The number of benzene rings is 3. The molecule has 0 spiro atoms. The first kappa shape index (κ1) is 21.8. The van der Waals surface area contributed by atoms with Crippen LogP contribution in [0.3, 0.4) is 0 Å². The van der Waals surface area contributed by atoms with Crippen molar-refractivity contribution in [3.63, 3.8) is 0 Å².